The van der Waals surface area contributed by atoms with Crippen molar-refractivity contribution in [3.8, 4) is 0 Å². The predicted octanol–water partition coefficient (Wildman–Crippen LogP) is 7.01. The highest BCUT2D eigenvalue weighted by Crippen LogP contribution is 2.29. The molecular formula is C21H16ClFN4O. The van der Waals surface area contributed by atoms with Gasteiger partial charge in [-0.15, -0.1) is 0 Å². The second-order valence-corrected chi connectivity index (χ2v) is 6.70. The van der Waals surface area contributed by atoms with Crippen molar-refractivity contribution in [2.24, 2.45) is 5.11 Å². The molecular weight excluding hydrogens is 379 g/mol. The highest BCUT2D eigenvalue weighted by Gasteiger charge is 2.16. The van der Waals surface area contributed by atoms with Crippen LogP contribution in [0.25, 0.3) is 10.4 Å². The zero-order valence-corrected chi connectivity index (χ0v) is 16.0. The van der Waals surface area contributed by atoms with Gasteiger partial charge in [0, 0.05) is 33.1 Å². The molecule has 0 aromatic heterocycles. The molecule has 0 spiro atoms. The Morgan fingerprint density at radius 1 is 1.04 bits per heavy atom. The van der Waals surface area contributed by atoms with Crippen molar-refractivity contribution in [2.75, 3.05) is 5.32 Å². The Morgan fingerprint density at radius 2 is 1.82 bits per heavy atom. The van der Waals surface area contributed by atoms with Gasteiger partial charge < -0.3 is 5.32 Å². The van der Waals surface area contributed by atoms with Gasteiger partial charge in [-0.2, -0.15) is 0 Å². The van der Waals surface area contributed by atoms with Gasteiger partial charge in [-0.1, -0.05) is 28.8 Å². The van der Waals surface area contributed by atoms with Gasteiger partial charge in [0.2, 0.25) is 0 Å². The third-order valence-electron chi connectivity index (χ3n) is 4.31. The Balaban J connectivity index is 1.91. The predicted molar refractivity (Wildman–Crippen MR) is 109 cm³/mol. The summed E-state index contributed by atoms with van der Waals surface area (Å²) in [5.41, 5.74) is 12.6. The average Bonchev–Trinajstić information content (AvgIpc) is 2.65. The van der Waals surface area contributed by atoms with Crippen LogP contribution in [0.5, 0.6) is 0 Å². The van der Waals surface area contributed by atoms with Crippen LogP contribution in [0.4, 0.5) is 21.5 Å². The Morgan fingerprint density at radius 3 is 2.50 bits per heavy atom. The summed E-state index contributed by atoms with van der Waals surface area (Å²) < 4.78 is 13.2. The molecule has 3 aromatic carbocycles. The summed E-state index contributed by atoms with van der Waals surface area (Å²) in [5.74, 6) is -0.567. The molecule has 0 radical (unpaired) electrons. The van der Waals surface area contributed by atoms with Crippen molar-refractivity contribution < 1.29 is 9.18 Å². The average molecular weight is 395 g/mol. The van der Waals surface area contributed by atoms with Gasteiger partial charge in [0.05, 0.1) is 5.02 Å². The maximum Gasteiger partial charge on any atom is 0.194 e. The Kier molecular flexibility index (Phi) is 5.64. The van der Waals surface area contributed by atoms with E-state index >= 15 is 0 Å². The van der Waals surface area contributed by atoms with Crippen LogP contribution in [0.3, 0.4) is 0 Å². The smallest absolute Gasteiger partial charge is 0.194 e. The number of ketones is 1. The molecule has 0 atom stereocenters. The molecule has 140 valence electrons. The van der Waals surface area contributed by atoms with E-state index in [1.54, 1.807) is 56.3 Å². The van der Waals surface area contributed by atoms with E-state index in [0.29, 0.717) is 22.5 Å². The fourth-order valence-electron chi connectivity index (χ4n) is 2.81. The van der Waals surface area contributed by atoms with E-state index in [-0.39, 0.29) is 16.6 Å². The standard InChI is InChI=1S/C21H16ClFN4O/c1-12-3-5-16(26-27-24)10-18(12)21(28)17-7-6-15(11-19(17)22)25-20-8-4-14(23)9-13(20)2/h3-11,25H,1-2H3. The van der Waals surface area contributed by atoms with Crippen molar-refractivity contribution in [3.05, 3.63) is 98.1 Å². The molecule has 3 aromatic rings. The fourth-order valence-corrected chi connectivity index (χ4v) is 3.08. The molecule has 0 saturated heterocycles. The zero-order chi connectivity index (χ0) is 20.3. The fraction of sp³-hybridized carbons (Fsp3) is 0.0952. The first kappa shape index (κ1) is 19.4. The highest BCUT2D eigenvalue weighted by molar-refractivity contribution is 6.35. The molecule has 0 aliphatic carbocycles. The van der Waals surface area contributed by atoms with E-state index in [9.17, 15) is 9.18 Å². The van der Waals surface area contributed by atoms with Crippen LogP contribution in [0.1, 0.15) is 27.0 Å². The summed E-state index contributed by atoms with van der Waals surface area (Å²) >= 11 is 6.36. The first-order valence-corrected chi connectivity index (χ1v) is 8.80. The van der Waals surface area contributed by atoms with Crippen molar-refractivity contribution in [3.63, 3.8) is 0 Å². The van der Waals surface area contributed by atoms with Gasteiger partial charge in [0.25, 0.3) is 0 Å². The summed E-state index contributed by atoms with van der Waals surface area (Å²) in [6.45, 7) is 3.60. The molecule has 0 bridgehead atoms. The molecule has 3 rings (SSSR count). The van der Waals surface area contributed by atoms with Crippen LogP contribution >= 0.6 is 11.6 Å². The molecule has 0 unspecified atom stereocenters. The minimum Gasteiger partial charge on any atom is -0.355 e. The van der Waals surface area contributed by atoms with Gasteiger partial charge in [-0.3, -0.25) is 4.79 Å². The van der Waals surface area contributed by atoms with Crippen molar-refractivity contribution in [1.82, 2.24) is 0 Å². The minimum atomic E-state index is -0.305. The van der Waals surface area contributed by atoms with E-state index in [1.165, 1.54) is 12.1 Å². The number of azide groups is 1. The van der Waals surface area contributed by atoms with E-state index in [0.717, 1.165) is 16.8 Å². The molecule has 0 saturated carbocycles. The number of aryl methyl sites for hydroxylation is 2. The molecule has 1 N–H and O–H groups in total. The van der Waals surface area contributed by atoms with Gasteiger partial charge in [0.15, 0.2) is 5.78 Å². The van der Waals surface area contributed by atoms with Crippen LogP contribution in [-0.2, 0) is 0 Å². The number of nitrogens with zero attached hydrogens (tertiary/aromatic N) is 3. The second kappa shape index (κ2) is 8.13. The first-order valence-electron chi connectivity index (χ1n) is 8.42. The number of hydrogen-bond donors (Lipinski definition) is 1. The third kappa shape index (κ3) is 4.14. The highest BCUT2D eigenvalue weighted by atomic mass is 35.5. The van der Waals surface area contributed by atoms with E-state index < -0.39 is 0 Å². The molecule has 0 amide bonds. The lowest BCUT2D eigenvalue weighted by atomic mass is 9.98. The van der Waals surface area contributed by atoms with E-state index in [1.807, 2.05) is 0 Å². The van der Waals surface area contributed by atoms with Crippen molar-refractivity contribution in [2.45, 2.75) is 13.8 Å². The molecule has 0 aliphatic rings. The Hall–Kier alpha value is -3.34. The van der Waals surface area contributed by atoms with Crippen LogP contribution in [0, 0.1) is 19.7 Å². The number of halogens is 2. The largest absolute Gasteiger partial charge is 0.355 e. The molecule has 0 fully saturated rings. The summed E-state index contributed by atoms with van der Waals surface area (Å²) in [4.78, 5) is 15.7. The molecule has 0 heterocycles. The number of carbonyl (C=O) groups is 1. The molecule has 0 aliphatic heterocycles. The van der Waals surface area contributed by atoms with Crippen molar-refractivity contribution in [1.29, 1.82) is 0 Å². The van der Waals surface area contributed by atoms with Gasteiger partial charge in [0.1, 0.15) is 5.82 Å². The second-order valence-electron chi connectivity index (χ2n) is 6.30. The summed E-state index contributed by atoms with van der Waals surface area (Å²) in [5, 5.41) is 6.99. The Bertz CT molecular complexity index is 1120. The Labute approximate surface area is 166 Å². The summed E-state index contributed by atoms with van der Waals surface area (Å²) in [6.07, 6.45) is 0. The quantitative estimate of drug-likeness (QED) is 0.218. The maximum absolute atomic E-state index is 13.2. The SMILES string of the molecule is Cc1cc(F)ccc1Nc1ccc(C(=O)c2cc(N=[N+]=[N-])ccc2C)c(Cl)c1. The maximum atomic E-state index is 13.2. The lowest BCUT2D eigenvalue weighted by Crippen LogP contribution is -2.05. The van der Waals surface area contributed by atoms with Crippen LogP contribution in [0.15, 0.2) is 59.7 Å². The van der Waals surface area contributed by atoms with Gasteiger partial charge in [-0.25, -0.2) is 4.39 Å². The summed E-state index contributed by atoms with van der Waals surface area (Å²) in [7, 11) is 0. The zero-order valence-electron chi connectivity index (χ0n) is 15.2. The summed E-state index contributed by atoms with van der Waals surface area (Å²) in [6, 6.07) is 14.4. The van der Waals surface area contributed by atoms with Crippen LogP contribution in [0.2, 0.25) is 5.02 Å². The normalized spacial score (nSPS) is 10.3. The third-order valence-corrected chi connectivity index (χ3v) is 4.62. The molecule has 7 heteroatoms. The van der Waals surface area contributed by atoms with Gasteiger partial charge in [-0.05, 0) is 73.0 Å². The van der Waals surface area contributed by atoms with Crippen LogP contribution in [-0.4, -0.2) is 5.78 Å². The number of benzene rings is 3. The molecule has 5 nitrogen and oxygen atoms in total. The number of carbonyl (C=O) groups excluding carboxylic acids is 1. The first-order chi connectivity index (χ1) is 13.4. The van der Waals surface area contributed by atoms with Gasteiger partial charge >= 0.3 is 0 Å². The van der Waals surface area contributed by atoms with E-state index in [4.69, 9.17) is 17.1 Å². The lowest BCUT2D eigenvalue weighted by molar-refractivity contribution is 0.103. The minimum absolute atomic E-state index is 0.262. The molecule has 28 heavy (non-hydrogen) atoms. The van der Waals surface area contributed by atoms with E-state index in [2.05, 4.69) is 15.3 Å². The van der Waals surface area contributed by atoms with Crippen LogP contribution < -0.4 is 5.32 Å². The number of anilines is 2. The monoisotopic (exact) mass is 394 g/mol. The van der Waals surface area contributed by atoms with Crippen molar-refractivity contribution >= 4 is 34.4 Å². The number of hydrogen-bond acceptors (Lipinski definition) is 3. The lowest BCUT2D eigenvalue weighted by Gasteiger charge is -2.12. The number of nitrogens with one attached hydrogen (secondary N) is 1. The topological polar surface area (TPSA) is 77.9 Å². The number of rotatable bonds is 5.